The molecule has 0 aliphatic carbocycles. The quantitative estimate of drug-likeness (QED) is 0.609. The molecule has 1 N–H and O–H groups in total. The van der Waals surface area contributed by atoms with Crippen molar-refractivity contribution in [3.8, 4) is 6.07 Å². The summed E-state index contributed by atoms with van der Waals surface area (Å²) >= 11 is 0. The summed E-state index contributed by atoms with van der Waals surface area (Å²) in [6, 6.07) is 17.5. The Hall–Kier alpha value is -3.65. The highest BCUT2D eigenvalue weighted by molar-refractivity contribution is 5.82. The topological polar surface area (TPSA) is 70.2 Å². The number of benzene rings is 2. The average Bonchev–Trinajstić information content (AvgIpc) is 3.03. The molecule has 2 aromatic heterocycles. The lowest BCUT2D eigenvalue weighted by molar-refractivity contribution is 1.10. The van der Waals surface area contributed by atoms with Crippen molar-refractivity contribution >= 4 is 28.6 Å². The largest absolute Gasteiger partial charge is 0.361 e. The van der Waals surface area contributed by atoms with Crippen molar-refractivity contribution in [2.75, 3.05) is 5.32 Å². The van der Waals surface area contributed by atoms with Crippen molar-refractivity contribution in [3.05, 3.63) is 80.8 Å². The molecular formula is C21H16N4O. The van der Waals surface area contributed by atoms with Crippen molar-refractivity contribution < 1.29 is 0 Å². The van der Waals surface area contributed by atoms with Crippen molar-refractivity contribution in [2.45, 2.75) is 13.8 Å². The van der Waals surface area contributed by atoms with Gasteiger partial charge in [-0.2, -0.15) is 5.26 Å². The van der Waals surface area contributed by atoms with Crippen molar-refractivity contribution in [3.63, 3.8) is 0 Å². The molecular weight excluding hydrogens is 324 g/mol. The fourth-order valence-corrected chi connectivity index (χ4v) is 3.09. The Balaban J connectivity index is 2.01. The summed E-state index contributed by atoms with van der Waals surface area (Å²) in [4.78, 5) is 17.6. The van der Waals surface area contributed by atoms with Gasteiger partial charge in [0.15, 0.2) is 5.65 Å². The smallest absolute Gasteiger partial charge is 0.265 e. The molecule has 0 fully saturated rings. The van der Waals surface area contributed by atoms with Gasteiger partial charge in [-0.25, -0.2) is 4.98 Å². The van der Waals surface area contributed by atoms with Gasteiger partial charge in [-0.05, 0) is 43.7 Å². The lowest BCUT2D eigenvalue weighted by Crippen LogP contribution is -2.34. The molecule has 0 radical (unpaired) electrons. The first-order chi connectivity index (χ1) is 12.6. The van der Waals surface area contributed by atoms with Gasteiger partial charge in [0.2, 0.25) is 0 Å². The first kappa shape index (κ1) is 15.9. The number of fused-ring (bicyclic) bond motifs is 3. The number of aromatic nitrogens is 2. The molecule has 2 heterocycles. The van der Waals surface area contributed by atoms with Crippen LogP contribution in [0.15, 0.2) is 53.3 Å². The number of nitriles is 1. The van der Waals surface area contributed by atoms with E-state index < -0.39 is 0 Å². The first-order valence-corrected chi connectivity index (χ1v) is 8.27. The maximum absolute atomic E-state index is 13.1. The van der Waals surface area contributed by atoms with Gasteiger partial charge < -0.3 is 5.32 Å². The molecule has 0 atom stereocenters. The van der Waals surface area contributed by atoms with E-state index in [0.717, 1.165) is 11.3 Å². The zero-order valence-electron chi connectivity index (χ0n) is 14.4. The highest BCUT2D eigenvalue weighted by Crippen LogP contribution is 2.17. The Labute approximate surface area is 149 Å². The first-order valence-electron chi connectivity index (χ1n) is 8.27. The molecule has 0 aliphatic heterocycles. The minimum atomic E-state index is -0.190. The second-order valence-corrected chi connectivity index (χ2v) is 6.24. The Morgan fingerprint density at radius 2 is 1.85 bits per heavy atom. The number of aryl methyl sites for hydroxylation is 1. The highest BCUT2D eigenvalue weighted by atomic mass is 16.1. The van der Waals surface area contributed by atoms with E-state index >= 15 is 0 Å². The molecule has 0 aliphatic rings. The number of nitrogens with one attached hydrogen (secondary N) is 1. The number of para-hydroxylation sites is 2. The van der Waals surface area contributed by atoms with Crippen LogP contribution in [0.5, 0.6) is 0 Å². The fourth-order valence-electron chi connectivity index (χ4n) is 3.09. The third-order valence-electron chi connectivity index (χ3n) is 4.54. The Bertz CT molecular complexity index is 1290. The van der Waals surface area contributed by atoms with Gasteiger partial charge in [-0.15, -0.1) is 0 Å². The van der Waals surface area contributed by atoms with Crippen LogP contribution in [0.25, 0.3) is 22.9 Å². The molecule has 26 heavy (non-hydrogen) atoms. The summed E-state index contributed by atoms with van der Waals surface area (Å²) in [5.41, 5.74) is 4.70. The Morgan fingerprint density at radius 1 is 1.12 bits per heavy atom. The summed E-state index contributed by atoms with van der Waals surface area (Å²) in [5, 5.41) is 13.2. The predicted molar refractivity (Wildman–Crippen MR) is 103 cm³/mol. The van der Waals surface area contributed by atoms with E-state index in [0.29, 0.717) is 33.0 Å². The molecule has 0 amide bonds. The van der Waals surface area contributed by atoms with Crippen molar-refractivity contribution in [1.29, 1.82) is 5.26 Å². The van der Waals surface area contributed by atoms with Crippen LogP contribution in [0.1, 0.15) is 16.7 Å². The van der Waals surface area contributed by atoms with Crippen molar-refractivity contribution in [2.24, 2.45) is 0 Å². The van der Waals surface area contributed by atoms with Crippen LogP contribution in [0.4, 0.5) is 5.69 Å². The van der Waals surface area contributed by atoms with Crippen LogP contribution in [0.2, 0.25) is 0 Å². The lowest BCUT2D eigenvalue weighted by atomic mass is 10.1. The van der Waals surface area contributed by atoms with Crippen LogP contribution in [-0.4, -0.2) is 9.38 Å². The number of imidazole rings is 1. The number of rotatable bonds is 2. The highest BCUT2D eigenvalue weighted by Gasteiger charge is 2.15. The average molecular weight is 340 g/mol. The molecule has 0 bridgehead atoms. The summed E-state index contributed by atoms with van der Waals surface area (Å²) in [7, 11) is 0. The van der Waals surface area contributed by atoms with Crippen LogP contribution >= 0.6 is 0 Å². The molecule has 4 aromatic rings. The van der Waals surface area contributed by atoms with E-state index in [9.17, 15) is 10.1 Å². The van der Waals surface area contributed by atoms with E-state index in [1.807, 2.05) is 55.5 Å². The number of anilines is 1. The van der Waals surface area contributed by atoms with E-state index in [-0.39, 0.29) is 5.56 Å². The number of hydrogen-bond acceptors (Lipinski definition) is 4. The molecule has 0 saturated carbocycles. The van der Waals surface area contributed by atoms with Gasteiger partial charge >= 0.3 is 0 Å². The maximum atomic E-state index is 13.1. The van der Waals surface area contributed by atoms with Gasteiger partial charge in [-0.3, -0.25) is 9.20 Å². The van der Waals surface area contributed by atoms with Gasteiger partial charge in [0.05, 0.1) is 21.8 Å². The van der Waals surface area contributed by atoms with Gasteiger partial charge in [0, 0.05) is 11.9 Å². The molecule has 4 rings (SSSR count). The summed E-state index contributed by atoms with van der Waals surface area (Å²) in [6.07, 6.45) is 1.66. The Morgan fingerprint density at radius 3 is 2.58 bits per heavy atom. The third-order valence-corrected chi connectivity index (χ3v) is 4.54. The number of nitrogens with zero attached hydrogens (tertiary/aromatic N) is 3. The van der Waals surface area contributed by atoms with Gasteiger partial charge in [0.1, 0.15) is 6.07 Å². The minimum Gasteiger partial charge on any atom is -0.361 e. The normalized spacial score (nSPS) is 11.8. The zero-order chi connectivity index (χ0) is 18.3. The molecule has 5 nitrogen and oxygen atoms in total. The number of pyridine rings is 1. The zero-order valence-corrected chi connectivity index (χ0v) is 14.4. The fraction of sp³-hybridized carbons (Fsp3) is 0.0952. The molecule has 2 aromatic carbocycles. The molecule has 126 valence electrons. The summed E-state index contributed by atoms with van der Waals surface area (Å²) < 4.78 is 1.52. The summed E-state index contributed by atoms with van der Waals surface area (Å²) in [6.45, 7) is 3.80. The number of hydrogen-bond donors (Lipinski definition) is 1. The van der Waals surface area contributed by atoms with Gasteiger partial charge in [-0.1, -0.05) is 29.8 Å². The van der Waals surface area contributed by atoms with Crippen LogP contribution in [0, 0.1) is 25.2 Å². The van der Waals surface area contributed by atoms with Crippen LogP contribution in [0.3, 0.4) is 0 Å². The second-order valence-electron chi connectivity index (χ2n) is 6.24. The van der Waals surface area contributed by atoms with E-state index in [4.69, 9.17) is 0 Å². The second kappa shape index (κ2) is 6.01. The van der Waals surface area contributed by atoms with Crippen LogP contribution < -0.4 is 16.1 Å². The monoisotopic (exact) mass is 340 g/mol. The molecule has 0 saturated heterocycles. The molecule has 5 heteroatoms. The maximum Gasteiger partial charge on any atom is 0.265 e. The Kier molecular flexibility index (Phi) is 3.67. The van der Waals surface area contributed by atoms with Gasteiger partial charge in [0.25, 0.3) is 5.56 Å². The molecule has 0 spiro atoms. The predicted octanol–water partition coefficient (Wildman–Crippen LogP) is 2.91. The van der Waals surface area contributed by atoms with Crippen molar-refractivity contribution in [1.82, 2.24) is 9.38 Å². The van der Waals surface area contributed by atoms with E-state index in [1.165, 1.54) is 4.40 Å². The third kappa shape index (κ3) is 2.40. The van der Waals surface area contributed by atoms with E-state index in [2.05, 4.69) is 16.4 Å². The van der Waals surface area contributed by atoms with Crippen LogP contribution in [-0.2, 0) is 0 Å². The SMILES string of the molecule is Cc1ccc(N/C=c2/c(C)c(C#N)c3nc4ccccc4n3c2=O)cc1. The lowest BCUT2D eigenvalue weighted by Gasteiger charge is -2.04. The standard InChI is InChI=1S/C21H16N4O/c1-13-7-9-15(10-8-13)23-12-17-14(2)16(11-22)20-24-18-5-3-4-6-19(18)25(20)21(17)26/h3-10,12,23H,1-2H3/b17-12-. The van der Waals surface area contributed by atoms with E-state index in [1.54, 1.807) is 13.1 Å². The molecule has 0 unspecified atom stereocenters. The summed E-state index contributed by atoms with van der Waals surface area (Å²) in [5.74, 6) is 0. The minimum absolute atomic E-state index is 0.190.